The fourth-order valence-electron chi connectivity index (χ4n) is 2.07. The number of carboxylic acid groups (broad SMARTS) is 1. The van der Waals surface area contributed by atoms with E-state index in [0.717, 1.165) is 19.3 Å². The number of hydrogen-bond donors (Lipinski definition) is 2. The van der Waals surface area contributed by atoms with Crippen LogP contribution in [0, 0.1) is 5.92 Å². The third-order valence-electron chi connectivity index (χ3n) is 3.09. The largest absolute Gasteiger partial charge is 0.480 e. The van der Waals surface area contributed by atoms with Crippen LogP contribution >= 0.6 is 0 Å². The highest BCUT2D eigenvalue weighted by Crippen LogP contribution is 2.25. The summed E-state index contributed by atoms with van der Waals surface area (Å²) in [5.74, 6) is -0.752. The molecule has 2 unspecified atom stereocenters. The zero-order valence-electron chi connectivity index (χ0n) is 10.4. The fraction of sp³-hybridized carbons (Fsp3) is 0.833. The molecule has 1 saturated carbocycles. The quantitative estimate of drug-likeness (QED) is 0.760. The maximum absolute atomic E-state index is 11.4. The van der Waals surface area contributed by atoms with Gasteiger partial charge in [-0.05, 0) is 25.7 Å². The van der Waals surface area contributed by atoms with E-state index < -0.39 is 12.0 Å². The molecule has 5 nitrogen and oxygen atoms in total. The van der Waals surface area contributed by atoms with Gasteiger partial charge in [0.2, 0.25) is 5.91 Å². The van der Waals surface area contributed by atoms with E-state index in [4.69, 9.17) is 9.84 Å². The standard InChI is InChI=1S/C12H21NO4/c1-8-4-3-5-10(6-8)17-7-11(14)13-9(2)12(15)16/h8-10H,3-7H2,1-2H3,(H,13,14)(H,15,16)/t8?,9-,10?/m0/s1. The van der Waals surface area contributed by atoms with Gasteiger partial charge in [-0.1, -0.05) is 19.8 Å². The number of aliphatic carboxylic acids is 1. The molecule has 98 valence electrons. The normalized spacial score (nSPS) is 26.2. The Bertz CT molecular complexity index is 280. The number of carbonyl (C=O) groups is 2. The molecule has 1 aliphatic rings. The third-order valence-corrected chi connectivity index (χ3v) is 3.09. The maximum Gasteiger partial charge on any atom is 0.325 e. The second kappa shape index (κ2) is 6.59. The summed E-state index contributed by atoms with van der Waals surface area (Å²) in [4.78, 5) is 21.9. The lowest BCUT2D eigenvalue weighted by atomic mass is 9.89. The van der Waals surface area contributed by atoms with Crippen LogP contribution in [0.1, 0.15) is 39.5 Å². The van der Waals surface area contributed by atoms with Gasteiger partial charge in [0.25, 0.3) is 0 Å². The summed E-state index contributed by atoms with van der Waals surface area (Å²) < 4.78 is 5.49. The molecule has 0 heterocycles. The van der Waals surface area contributed by atoms with Crippen LogP contribution in [0.15, 0.2) is 0 Å². The molecule has 0 aromatic carbocycles. The molecule has 17 heavy (non-hydrogen) atoms. The van der Waals surface area contributed by atoms with Gasteiger partial charge in [0.05, 0.1) is 6.10 Å². The van der Waals surface area contributed by atoms with Crippen molar-refractivity contribution in [2.75, 3.05) is 6.61 Å². The maximum atomic E-state index is 11.4. The van der Waals surface area contributed by atoms with E-state index in [9.17, 15) is 9.59 Å². The minimum Gasteiger partial charge on any atom is -0.480 e. The zero-order valence-corrected chi connectivity index (χ0v) is 10.4. The highest BCUT2D eigenvalue weighted by atomic mass is 16.5. The molecule has 1 amide bonds. The van der Waals surface area contributed by atoms with Crippen molar-refractivity contribution in [3.63, 3.8) is 0 Å². The van der Waals surface area contributed by atoms with Gasteiger partial charge in [-0.2, -0.15) is 0 Å². The molecule has 1 aliphatic carbocycles. The third kappa shape index (κ3) is 5.17. The Labute approximate surface area is 102 Å². The van der Waals surface area contributed by atoms with E-state index in [0.29, 0.717) is 5.92 Å². The van der Waals surface area contributed by atoms with Crippen LogP contribution in [-0.4, -0.2) is 35.7 Å². The van der Waals surface area contributed by atoms with Crippen molar-refractivity contribution < 1.29 is 19.4 Å². The number of carboxylic acids is 1. The first-order valence-electron chi connectivity index (χ1n) is 6.12. The number of amides is 1. The van der Waals surface area contributed by atoms with E-state index in [1.165, 1.54) is 13.3 Å². The second-order valence-corrected chi connectivity index (χ2v) is 4.83. The van der Waals surface area contributed by atoms with E-state index in [1.54, 1.807) is 0 Å². The predicted octanol–water partition coefficient (Wildman–Crippen LogP) is 1.17. The molecule has 0 spiro atoms. The van der Waals surface area contributed by atoms with Gasteiger partial charge in [0.15, 0.2) is 0 Å². The summed E-state index contributed by atoms with van der Waals surface area (Å²) in [6, 6.07) is -0.864. The fourth-order valence-corrected chi connectivity index (χ4v) is 2.07. The molecular formula is C12H21NO4. The first-order valence-corrected chi connectivity index (χ1v) is 6.12. The number of carbonyl (C=O) groups excluding carboxylic acids is 1. The van der Waals surface area contributed by atoms with E-state index in [1.807, 2.05) is 0 Å². The number of hydrogen-bond acceptors (Lipinski definition) is 3. The number of nitrogens with one attached hydrogen (secondary N) is 1. The van der Waals surface area contributed by atoms with E-state index >= 15 is 0 Å². The summed E-state index contributed by atoms with van der Waals surface area (Å²) in [5, 5.41) is 11.0. The molecule has 3 atom stereocenters. The van der Waals surface area contributed by atoms with Crippen molar-refractivity contribution in [3.8, 4) is 0 Å². The van der Waals surface area contributed by atoms with Crippen LogP contribution in [0.25, 0.3) is 0 Å². The van der Waals surface area contributed by atoms with Crippen molar-refractivity contribution in [3.05, 3.63) is 0 Å². The van der Waals surface area contributed by atoms with E-state index in [2.05, 4.69) is 12.2 Å². The average molecular weight is 243 g/mol. The zero-order chi connectivity index (χ0) is 12.8. The molecule has 0 radical (unpaired) electrons. The van der Waals surface area contributed by atoms with Gasteiger partial charge in [-0.3, -0.25) is 9.59 Å². The second-order valence-electron chi connectivity index (χ2n) is 4.83. The van der Waals surface area contributed by atoms with Crippen LogP contribution in [0.2, 0.25) is 0 Å². The topological polar surface area (TPSA) is 75.6 Å². The van der Waals surface area contributed by atoms with Crippen LogP contribution < -0.4 is 5.32 Å². The Morgan fingerprint density at radius 2 is 2.18 bits per heavy atom. The molecule has 1 fully saturated rings. The van der Waals surface area contributed by atoms with Crippen LogP contribution in [-0.2, 0) is 14.3 Å². The molecule has 1 rings (SSSR count). The minimum atomic E-state index is -1.04. The Hall–Kier alpha value is -1.10. The van der Waals surface area contributed by atoms with Gasteiger partial charge < -0.3 is 15.2 Å². The molecule has 2 N–H and O–H groups in total. The minimum absolute atomic E-state index is 0.0466. The first kappa shape index (κ1) is 14.0. The van der Waals surface area contributed by atoms with Crippen molar-refractivity contribution in [2.24, 2.45) is 5.92 Å². The lowest BCUT2D eigenvalue weighted by molar-refractivity contribution is -0.142. The van der Waals surface area contributed by atoms with Crippen LogP contribution in [0.5, 0.6) is 0 Å². The summed E-state index contributed by atoms with van der Waals surface area (Å²) >= 11 is 0. The van der Waals surface area contributed by atoms with Crippen molar-refractivity contribution >= 4 is 11.9 Å². The lowest BCUT2D eigenvalue weighted by Crippen LogP contribution is -2.41. The molecule has 0 bridgehead atoms. The summed E-state index contributed by atoms with van der Waals surface area (Å²) in [7, 11) is 0. The Kier molecular flexibility index (Phi) is 5.41. The number of rotatable bonds is 5. The van der Waals surface area contributed by atoms with Gasteiger partial charge in [0, 0.05) is 0 Å². The van der Waals surface area contributed by atoms with Crippen LogP contribution in [0.3, 0.4) is 0 Å². The van der Waals surface area contributed by atoms with Crippen LogP contribution in [0.4, 0.5) is 0 Å². The van der Waals surface area contributed by atoms with E-state index in [-0.39, 0.29) is 18.6 Å². The lowest BCUT2D eigenvalue weighted by Gasteiger charge is -2.26. The monoisotopic (exact) mass is 243 g/mol. The smallest absolute Gasteiger partial charge is 0.325 e. The SMILES string of the molecule is CC1CCCC(OCC(=O)N[C@@H](C)C(=O)O)C1. The summed E-state index contributed by atoms with van der Waals surface area (Å²) in [6.45, 7) is 3.57. The van der Waals surface area contributed by atoms with Gasteiger partial charge in [-0.15, -0.1) is 0 Å². The predicted molar refractivity (Wildman–Crippen MR) is 62.6 cm³/mol. The molecule has 5 heteroatoms. The summed E-state index contributed by atoms with van der Waals surface area (Å²) in [5.41, 5.74) is 0. The van der Waals surface area contributed by atoms with Crippen molar-refractivity contribution in [1.82, 2.24) is 5.32 Å². The Morgan fingerprint density at radius 3 is 2.76 bits per heavy atom. The molecule has 0 saturated heterocycles. The van der Waals surface area contributed by atoms with Crippen molar-refractivity contribution in [1.29, 1.82) is 0 Å². The van der Waals surface area contributed by atoms with Gasteiger partial charge in [-0.25, -0.2) is 0 Å². The molecular weight excluding hydrogens is 222 g/mol. The first-order chi connectivity index (χ1) is 7.99. The number of ether oxygens (including phenoxy) is 1. The highest BCUT2D eigenvalue weighted by molar-refractivity contribution is 5.83. The molecule has 0 aliphatic heterocycles. The highest BCUT2D eigenvalue weighted by Gasteiger charge is 2.21. The summed E-state index contributed by atoms with van der Waals surface area (Å²) in [6.07, 6.45) is 4.49. The Morgan fingerprint density at radius 1 is 1.47 bits per heavy atom. The molecule has 0 aromatic heterocycles. The van der Waals surface area contributed by atoms with Gasteiger partial charge in [0.1, 0.15) is 12.6 Å². The Balaban J connectivity index is 2.21. The van der Waals surface area contributed by atoms with Crippen molar-refractivity contribution in [2.45, 2.75) is 51.7 Å². The van der Waals surface area contributed by atoms with Gasteiger partial charge >= 0.3 is 5.97 Å². The molecule has 0 aromatic rings. The average Bonchev–Trinajstić information content (AvgIpc) is 2.26.